The minimum absolute atomic E-state index is 0.0294. The third-order valence-electron chi connectivity index (χ3n) is 3.76. The Kier molecular flexibility index (Phi) is 5.88. The number of carbonyl (C=O) groups excluding carboxylic acids is 1. The molecule has 0 fully saturated rings. The van der Waals surface area contributed by atoms with Crippen LogP contribution >= 0.6 is 11.8 Å². The van der Waals surface area contributed by atoms with Crippen LogP contribution in [0, 0.1) is 11.8 Å². The fraction of sp³-hybridized carbons (Fsp3) is 0.263. The molecule has 1 heterocycles. The number of rotatable bonds is 4. The molecule has 4 nitrogen and oxygen atoms in total. The number of guanidine groups is 1. The van der Waals surface area contributed by atoms with Crippen molar-refractivity contribution < 1.29 is 4.79 Å². The molecule has 0 radical (unpaired) electrons. The number of hydrogen-bond acceptors (Lipinski definition) is 4. The van der Waals surface area contributed by atoms with Crippen LogP contribution in [0.2, 0.25) is 0 Å². The minimum atomic E-state index is -0.251. The van der Waals surface area contributed by atoms with Gasteiger partial charge in [-0.1, -0.05) is 24.6 Å². The summed E-state index contributed by atoms with van der Waals surface area (Å²) in [6.07, 6.45) is 4.26. The zero-order chi connectivity index (χ0) is 17.7. The molecule has 5 heteroatoms. The highest BCUT2D eigenvalue weighted by Gasteiger charge is 2.26. The zero-order valence-corrected chi connectivity index (χ0v) is 15.0. The van der Waals surface area contributed by atoms with Crippen LogP contribution in [0.15, 0.2) is 46.8 Å². The molecule has 0 saturated heterocycles. The van der Waals surface area contributed by atoms with Crippen LogP contribution in [0.4, 0.5) is 0 Å². The summed E-state index contributed by atoms with van der Waals surface area (Å²) in [6.45, 7) is 5.96. The Morgan fingerprint density at radius 3 is 2.92 bits per heavy atom. The van der Waals surface area contributed by atoms with Crippen LogP contribution in [0.5, 0.6) is 0 Å². The first-order valence-electron chi connectivity index (χ1n) is 7.53. The van der Waals surface area contributed by atoms with Gasteiger partial charge in [-0.15, -0.1) is 17.7 Å². The lowest BCUT2D eigenvalue weighted by molar-refractivity contribution is -0.127. The van der Waals surface area contributed by atoms with Crippen LogP contribution in [0.25, 0.3) is 5.57 Å². The van der Waals surface area contributed by atoms with E-state index < -0.39 is 0 Å². The number of nitrogens with zero attached hydrogens (tertiary/aromatic N) is 2. The molecule has 0 saturated carbocycles. The van der Waals surface area contributed by atoms with Gasteiger partial charge in [0.2, 0.25) is 5.91 Å². The van der Waals surface area contributed by atoms with Crippen LogP contribution in [0.1, 0.15) is 24.5 Å². The van der Waals surface area contributed by atoms with Crippen molar-refractivity contribution in [2.24, 2.45) is 10.7 Å². The average molecular weight is 339 g/mol. The van der Waals surface area contributed by atoms with Gasteiger partial charge in [-0.3, -0.25) is 9.69 Å². The smallest absolute Gasteiger partial charge is 0.231 e. The fourth-order valence-corrected chi connectivity index (χ4v) is 3.04. The van der Waals surface area contributed by atoms with E-state index in [0.717, 1.165) is 21.6 Å². The highest BCUT2D eigenvalue weighted by atomic mass is 32.2. The molecule has 2 rings (SSSR count). The van der Waals surface area contributed by atoms with Gasteiger partial charge in [-0.2, -0.15) is 0 Å². The summed E-state index contributed by atoms with van der Waals surface area (Å²) in [5, 5.41) is 0. The number of hydrogen-bond donors (Lipinski definition) is 1. The first-order chi connectivity index (χ1) is 11.5. The molecule has 1 amide bonds. The van der Waals surface area contributed by atoms with Gasteiger partial charge in [0.15, 0.2) is 5.96 Å². The van der Waals surface area contributed by atoms with E-state index in [1.807, 2.05) is 43.5 Å². The lowest BCUT2D eigenvalue weighted by Gasteiger charge is -2.26. The van der Waals surface area contributed by atoms with E-state index in [1.54, 1.807) is 18.8 Å². The summed E-state index contributed by atoms with van der Waals surface area (Å²) >= 11 is 1.56. The molecule has 1 atom stereocenters. The van der Waals surface area contributed by atoms with Gasteiger partial charge in [0.05, 0.1) is 12.5 Å². The second-order valence-electron chi connectivity index (χ2n) is 5.39. The van der Waals surface area contributed by atoms with Gasteiger partial charge in [-0.05, 0) is 42.5 Å². The van der Waals surface area contributed by atoms with Gasteiger partial charge in [0, 0.05) is 17.5 Å². The Hall–Kier alpha value is -2.45. The van der Waals surface area contributed by atoms with Crippen molar-refractivity contribution in [2.75, 3.05) is 13.3 Å². The zero-order valence-electron chi connectivity index (χ0n) is 14.2. The largest absolute Gasteiger partial charge is 0.369 e. The topological polar surface area (TPSA) is 58.7 Å². The first kappa shape index (κ1) is 17.9. The quantitative estimate of drug-likeness (QED) is 0.678. The molecule has 124 valence electrons. The molecule has 1 unspecified atom stereocenters. The number of allylic oxidation sites excluding steroid dienone is 2. The lowest BCUT2D eigenvalue weighted by Crippen LogP contribution is -2.44. The third kappa shape index (κ3) is 4.09. The van der Waals surface area contributed by atoms with Gasteiger partial charge < -0.3 is 5.73 Å². The van der Waals surface area contributed by atoms with Crippen LogP contribution in [0.3, 0.4) is 0 Å². The number of thioether (sulfide) groups is 1. The van der Waals surface area contributed by atoms with Crippen molar-refractivity contribution in [1.29, 1.82) is 0 Å². The molecule has 1 aliphatic heterocycles. The van der Waals surface area contributed by atoms with Crippen molar-refractivity contribution in [1.82, 2.24) is 4.90 Å². The Bertz CT molecular complexity index is 783. The Labute approximate surface area is 147 Å². The average Bonchev–Trinajstić information content (AvgIpc) is 2.57. The summed E-state index contributed by atoms with van der Waals surface area (Å²) in [7, 11) is 1.64. The number of carbonyl (C=O) groups is 1. The number of amides is 1. The highest BCUT2D eigenvalue weighted by Crippen LogP contribution is 2.28. The second-order valence-corrected chi connectivity index (χ2v) is 6.27. The first-order valence-corrected chi connectivity index (χ1v) is 8.76. The standard InChI is InChI=1S/C19H21N3OS/c1-5-7-14-8-6-9-15(11-14)13(2)10-17(24-4)16-12-18(23)22(3)19(20)21-16/h6,8-11,16H,2,12H2,1,3-4H3,(H2,20,21)/b17-10-. The molecule has 0 aromatic heterocycles. The maximum atomic E-state index is 12.0. The molecule has 0 aliphatic carbocycles. The van der Waals surface area contributed by atoms with Crippen molar-refractivity contribution in [3.63, 3.8) is 0 Å². The van der Waals surface area contributed by atoms with Gasteiger partial charge in [-0.25, -0.2) is 4.99 Å². The van der Waals surface area contributed by atoms with E-state index in [2.05, 4.69) is 23.4 Å². The van der Waals surface area contributed by atoms with Crippen LogP contribution in [-0.4, -0.2) is 36.1 Å². The normalized spacial score (nSPS) is 17.9. The van der Waals surface area contributed by atoms with Crippen molar-refractivity contribution in [2.45, 2.75) is 19.4 Å². The lowest BCUT2D eigenvalue weighted by atomic mass is 10.0. The summed E-state index contributed by atoms with van der Waals surface area (Å²) in [5.41, 5.74) is 8.64. The molecule has 1 aromatic carbocycles. The maximum Gasteiger partial charge on any atom is 0.231 e. The highest BCUT2D eigenvalue weighted by molar-refractivity contribution is 8.02. The molecule has 2 N–H and O–H groups in total. The fourth-order valence-electron chi connectivity index (χ4n) is 2.37. The van der Waals surface area contributed by atoms with Crippen LogP contribution in [-0.2, 0) is 4.79 Å². The molecule has 0 bridgehead atoms. The Morgan fingerprint density at radius 2 is 2.29 bits per heavy atom. The molecular weight excluding hydrogens is 318 g/mol. The van der Waals surface area contributed by atoms with Gasteiger partial charge in [0.25, 0.3) is 0 Å². The van der Waals surface area contributed by atoms with E-state index >= 15 is 0 Å². The summed E-state index contributed by atoms with van der Waals surface area (Å²) in [4.78, 5) is 18.8. The maximum absolute atomic E-state index is 12.0. The summed E-state index contributed by atoms with van der Waals surface area (Å²) in [5.74, 6) is 6.16. The molecule has 24 heavy (non-hydrogen) atoms. The molecule has 1 aliphatic rings. The molecule has 0 spiro atoms. The Balaban J connectivity index is 2.30. The van der Waals surface area contributed by atoms with E-state index in [0.29, 0.717) is 6.42 Å². The minimum Gasteiger partial charge on any atom is -0.369 e. The number of nitrogens with two attached hydrogens (primary N) is 1. The van der Waals surface area contributed by atoms with E-state index in [1.165, 1.54) is 4.90 Å². The second kappa shape index (κ2) is 7.89. The number of benzene rings is 1. The van der Waals surface area contributed by atoms with Crippen molar-refractivity contribution in [3.05, 3.63) is 53.0 Å². The van der Waals surface area contributed by atoms with E-state index in [4.69, 9.17) is 5.73 Å². The van der Waals surface area contributed by atoms with Crippen molar-refractivity contribution in [3.8, 4) is 11.8 Å². The monoisotopic (exact) mass is 339 g/mol. The van der Waals surface area contributed by atoms with Gasteiger partial charge >= 0.3 is 0 Å². The number of aliphatic imine (C=N–C) groups is 1. The predicted octanol–water partition coefficient (Wildman–Crippen LogP) is 2.86. The summed E-state index contributed by atoms with van der Waals surface area (Å²) < 4.78 is 0. The van der Waals surface area contributed by atoms with E-state index in [9.17, 15) is 4.79 Å². The Morgan fingerprint density at radius 1 is 1.54 bits per heavy atom. The molecule has 1 aromatic rings. The SMILES string of the molecule is C=C(/C=C(\SC)C1CC(=O)N(C)C(N)=N1)c1cccc(C#CC)c1. The summed E-state index contributed by atoms with van der Waals surface area (Å²) in [6, 6.07) is 7.67. The third-order valence-corrected chi connectivity index (χ3v) is 4.62. The van der Waals surface area contributed by atoms with Crippen LogP contribution < -0.4 is 5.73 Å². The van der Waals surface area contributed by atoms with Crippen molar-refractivity contribution >= 4 is 29.2 Å². The molecular formula is C19H21N3OS. The van der Waals surface area contributed by atoms with Gasteiger partial charge in [0.1, 0.15) is 0 Å². The van der Waals surface area contributed by atoms with E-state index in [-0.39, 0.29) is 17.9 Å². The predicted molar refractivity (Wildman–Crippen MR) is 102 cm³/mol.